The summed E-state index contributed by atoms with van der Waals surface area (Å²) in [6, 6.07) is 22.8. The molecular weight excluding hydrogens is 506 g/mol. The van der Waals surface area contributed by atoms with Gasteiger partial charge in [-0.1, -0.05) is 42.5 Å². The minimum absolute atomic E-state index is 0.0402. The number of methoxy groups -OCH3 is 2. The Labute approximate surface area is 234 Å². The van der Waals surface area contributed by atoms with Crippen LogP contribution in [0.2, 0.25) is 0 Å². The van der Waals surface area contributed by atoms with Crippen molar-refractivity contribution in [1.82, 2.24) is 5.32 Å². The molecule has 3 unspecified atom stereocenters. The SMILES string of the molecule is CCOC(=O)C1=C(C)NC2=CC(c3ccc(OC)c(OC)c3)CC(=O)C2C1c1cccc(Oc2ccccc2)c1. The van der Waals surface area contributed by atoms with Crippen molar-refractivity contribution in [3.05, 3.63) is 107 Å². The molecule has 3 aromatic carbocycles. The highest BCUT2D eigenvalue weighted by atomic mass is 16.5. The number of hydrogen-bond acceptors (Lipinski definition) is 7. The number of nitrogens with one attached hydrogen (secondary N) is 1. The molecule has 0 saturated carbocycles. The Kier molecular flexibility index (Phi) is 7.91. The van der Waals surface area contributed by atoms with Crippen molar-refractivity contribution in [2.75, 3.05) is 20.8 Å². The third-order valence-corrected chi connectivity index (χ3v) is 7.39. The van der Waals surface area contributed by atoms with E-state index in [0.717, 1.165) is 16.8 Å². The minimum Gasteiger partial charge on any atom is -0.493 e. The summed E-state index contributed by atoms with van der Waals surface area (Å²) in [5, 5.41) is 3.38. The molecule has 1 heterocycles. The Morgan fingerprint density at radius 3 is 2.35 bits per heavy atom. The zero-order valence-electron chi connectivity index (χ0n) is 23.1. The van der Waals surface area contributed by atoms with Crippen molar-refractivity contribution >= 4 is 11.8 Å². The van der Waals surface area contributed by atoms with Crippen LogP contribution in [0.5, 0.6) is 23.0 Å². The van der Waals surface area contributed by atoms with Crippen molar-refractivity contribution in [2.45, 2.75) is 32.1 Å². The average molecular weight is 540 g/mol. The van der Waals surface area contributed by atoms with Crippen molar-refractivity contribution in [2.24, 2.45) is 5.92 Å². The molecule has 7 nitrogen and oxygen atoms in total. The first-order valence-electron chi connectivity index (χ1n) is 13.4. The molecule has 206 valence electrons. The van der Waals surface area contributed by atoms with Crippen molar-refractivity contribution < 1.29 is 28.5 Å². The molecule has 1 aliphatic heterocycles. The number of para-hydroxylation sites is 1. The van der Waals surface area contributed by atoms with Gasteiger partial charge in [0.25, 0.3) is 0 Å². The van der Waals surface area contributed by atoms with Gasteiger partial charge in [0.1, 0.15) is 17.3 Å². The van der Waals surface area contributed by atoms with Gasteiger partial charge in [-0.3, -0.25) is 4.79 Å². The molecule has 0 spiro atoms. The topological polar surface area (TPSA) is 83.1 Å². The number of hydrogen-bond donors (Lipinski definition) is 1. The zero-order chi connectivity index (χ0) is 28.2. The average Bonchev–Trinajstić information content (AvgIpc) is 2.96. The van der Waals surface area contributed by atoms with Crippen LogP contribution in [0.1, 0.15) is 43.2 Å². The monoisotopic (exact) mass is 539 g/mol. The highest BCUT2D eigenvalue weighted by molar-refractivity contribution is 5.96. The van der Waals surface area contributed by atoms with Gasteiger partial charge in [0.2, 0.25) is 0 Å². The lowest BCUT2D eigenvalue weighted by Gasteiger charge is -2.39. The quantitative estimate of drug-likeness (QED) is 0.338. The number of Topliss-reactive ketones (excluding diaryl/α,β-unsaturated/α-hetero) is 1. The molecule has 2 aliphatic rings. The highest BCUT2D eigenvalue weighted by Gasteiger charge is 2.45. The number of fused-ring (bicyclic) bond motifs is 1. The lowest BCUT2D eigenvalue weighted by molar-refractivity contribution is -0.139. The molecule has 0 aromatic heterocycles. The fraction of sp³-hybridized carbons (Fsp3) is 0.273. The molecule has 1 N–H and O–H groups in total. The molecule has 5 rings (SSSR count). The van der Waals surface area contributed by atoms with Crippen LogP contribution in [0.4, 0.5) is 0 Å². The fourth-order valence-electron chi connectivity index (χ4n) is 5.61. The number of ketones is 1. The fourth-order valence-corrected chi connectivity index (χ4v) is 5.61. The Bertz CT molecular complexity index is 1480. The Hall–Kier alpha value is -4.52. The Morgan fingerprint density at radius 1 is 0.875 bits per heavy atom. The summed E-state index contributed by atoms with van der Waals surface area (Å²) < 4.78 is 22.4. The molecule has 3 atom stereocenters. The lowest BCUT2D eigenvalue weighted by atomic mass is 9.68. The van der Waals surface area contributed by atoms with E-state index in [1.807, 2.05) is 79.7 Å². The van der Waals surface area contributed by atoms with Gasteiger partial charge < -0.3 is 24.3 Å². The molecule has 40 heavy (non-hydrogen) atoms. The van der Waals surface area contributed by atoms with Crippen LogP contribution in [0.25, 0.3) is 0 Å². The third-order valence-electron chi connectivity index (χ3n) is 7.39. The molecular formula is C33H33NO6. The molecule has 0 fully saturated rings. The van der Waals surface area contributed by atoms with Crippen LogP contribution in [0.3, 0.4) is 0 Å². The van der Waals surface area contributed by atoms with Gasteiger partial charge in [0, 0.05) is 29.7 Å². The lowest BCUT2D eigenvalue weighted by Crippen LogP contribution is -2.42. The van der Waals surface area contributed by atoms with E-state index in [1.165, 1.54) is 0 Å². The maximum Gasteiger partial charge on any atom is 0.336 e. The number of benzene rings is 3. The molecule has 0 bridgehead atoms. The van der Waals surface area contributed by atoms with E-state index >= 15 is 0 Å². The molecule has 0 radical (unpaired) electrons. The maximum atomic E-state index is 13.9. The molecule has 0 amide bonds. The maximum absolute atomic E-state index is 13.9. The summed E-state index contributed by atoms with van der Waals surface area (Å²) in [5.74, 6) is 0.935. The molecule has 0 saturated heterocycles. The second kappa shape index (κ2) is 11.7. The first-order valence-corrected chi connectivity index (χ1v) is 13.4. The van der Waals surface area contributed by atoms with Crippen LogP contribution >= 0.6 is 0 Å². The van der Waals surface area contributed by atoms with Crippen molar-refractivity contribution in [3.63, 3.8) is 0 Å². The summed E-state index contributed by atoms with van der Waals surface area (Å²) in [6.45, 7) is 3.87. The highest BCUT2D eigenvalue weighted by Crippen LogP contribution is 2.47. The van der Waals surface area contributed by atoms with Gasteiger partial charge in [0.15, 0.2) is 11.5 Å². The predicted molar refractivity (Wildman–Crippen MR) is 152 cm³/mol. The Morgan fingerprint density at radius 2 is 1.62 bits per heavy atom. The summed E-state index contributed by atoms with van der Waals surface area (Å²) in [6.07, 6.45) is 2.38. The van der Waals surface area contributed by atoms with E-state index in [4.69, 9.17) is 18.9 Å². The summed E-state index contributed by atoms with van der Waals surface area (Å²) in [7, 11) is 3.19. The van der Waals surface area contributed by atoms with E-state index < -0.39 is 17.8 Å². The van der Waals surface area contributed by atoms with E-state index in [9.17, 15) is 9.59 Å². The summed E-state index contributed by atoms with van der Waals surface area (Å²) in [5.41, 5.74) is 3.67. The second-order valence-corrected chi connectivity index (χ2v) is 9.84. The van der Waals surface area contributed by atoms with Crippen LogP contribution in [0.15, 0.2) is 95.8 Å². The number of ether oxygens (including phenoxy) is 4. The number of esters is 1. The smallest absolute Gasteiger partial charge is 0.336 e. The zero-order valence-corrected chi connectivity index (χ0v) is 23.1. The molecule has 1 aliphatic carbocycles. The predicted octanol–water partition coefficient (Wildman–Crippen LogP) is 6.28. The third kappa shape index (κ3) is 5.32. The largest absolute Gasteiger partial charge is 0.493 e. The van der Waals surface area contributed by atoms with Crippen molar-refractivity contribution in [3.8, 4) is 23.0 Å². The standard InChI is InChI=1S/C33H33NO6/c1-5-39-33(36)30-20(2)34-26-17-23(21-14-15-28(37-3)29(19-21)38-4)18-27(35)32(26)31(30)22-10-9-13-25(16-22)40-24-11-7-6-8-12-24/h6-17,19,23,31-32,34H,5,18H2,1-4H3. The van der Waals surface area contributed by atoms with Gasteiger partial charge in [-0.15, -0.1) is 0 Å². The van der Waals surface area contributed by atoms with Gasteiger partial charge in [-0.05, 0) is 61.4 Å². The van der Waals surface area contributed by atoms with E-state index in [1.54, 1.807) is 21.1 Å². The van der Waals surface area contributed by atoms with Crippen LogP contribution in [0, 0.1) is 5.92 Å². The molecule has 7 heteroatoms. The number of allylic oxidation sites excluding steroid dienone is 3. The minimum atomic E-state index is -0.563. The van der Waals surface area contributed by atoms with Gasteiger partial charge >= 0.3 is 5.97 Å². The van der Waals surface area contributed by atoms with Crippen LogP contribution in [-0.4, -0.2) is 32.6 Å². The van der Waals surface area contributed by atoms with Gasteiger partial charge in [-0.2, -0.15) is 0 Å². The van der Waals surface area contributed by atoms with E-state index in [2.05, 4.69) is 11.4 Å². The number of carbonyl (C=O) groups excluding carboxylic acids is 2. The Balaban J connectivity index is 1.57. The van der Waals surface area contributed by atoms with Crippen molar-refractivity contribution in [1.29, 1.82) is 0 Å². The second-order valence-electron chi connectivity index (χ2n) is 9.84. The summed E-state index contributed by atoms with van der Waals surface area (Å²) in [4.78, 5) is 27.2. The van der Waals surface area contributed by atoms with E-state index in [0.29, 0.717) is 34.3 Å². The summed E-state index contributed by atoms with van der Waals surface area (Å²) >= 11 is 0. The first-order chi connectivity index (χ1) is 19.4. The number of rotatable bonds is 8. The normalized spacial score (nSPS) is 20.1. The molecule has 3 aromatic rings. The van der Waals surface area contributed by atoms with E-state index in [-0.39, 0.29) is 24.7 Å². The van der Waals surface area contributed by atoms with Crippen LogP contribution in [-0.2, 0) is 14.3 Å². The van der Waals surface area contributed by atoms with Gasteiger partial charge in [-0.25, -0.2) is 4.79 Å². The van der Waals surface area contributed by atoms with Gasteiger partial charge in [0.05, 0.1) is 32.3 Å². The first kappa shape index (κ1) is 27.1. The van der Waals surface area contributed by atoms with Crippen LogP contribution < -0.4 is 19.5 Å². The number of carbonyl (C=O) groups is 2.